The second kappa shape index (κ2) is 10.0. The van der Waals surface area contributed by atoms with Crippen molar-refractivity contribution in [2.45, 2.75) is 39.0 Å². The van der Waals surface area contributed by atoms with Gasteiger partial charge in [0.2, 0.25) is 11.8 Å². The predicted molar refractivity (Wildman–Crippen MR) is 100 cm³/mol. The van der Waals surface area contributed by atoms with Gasteiger partial charge in [0, 0.05) is 26.1 Å². The van der Waals surface area contributed by atoms with Crippen molar-refractivity contribution in [3.63, 3.8) is 0 Å². The summed E-state index contributed by atoms with van der Waals surface area (Å²) in [5.74, 6) is 1.44. The number of carbonyl (C=O) groups is 2. The first-order valence-electron chi connectivity index (χ1n) is 9.35. The second-order valence-electron chi connectivity index (χ2n) is 6.66. The van der Waals surface area contributed by atoms with Crippen LogP contribution in [0.2, 0.25) is 0 Å². The Labute approximate surface area is 155 Å². The number of nitrogens with zero attached hydrogens (tertiary/aromatic N) is 1. The van der Waals surface area contributed by atoms with E-state index >= 15 is 0 Å². The van der Waals surface area contributed by atoms with E-state index in [4.69, 9.17) is 9.47 Å². The topological polar surface area (TPSA) is 67.9 Å². The van der Waals surface area contributed by atoms with Gasteiger partial charge in [0.25, 0.3) is 0 Å². The third-order valence-corrected chi connectivity index (χ3v) is 4.77. The molecule has 1 aliphatic rings. The van der Waals surface area contributed by atoms with E-state index < -0.39 is 0 Å². The van der Waals surface area contributed by atoms with E-state index in [0.717, 1.165) is 31.4 Å². The number of benzene rings is 1. The molecule has 2 rings (SSSR count). The summed E-state index contributed by atoms with van der Waals surface area (Å²) in [4.78, 5) is 26.6. The zero-order valence-corrected chi connectivity index (χ0v) is 16.0. The van der Waals surface area contributed by atoms with Gasteiger partial charge in [-0.05, 0) is 43.4 Å². The highest BCUT2D eigenvalue weighted by molar-refractivity contribution is 5.81. The molecule has 0 aromatic heterocycles. The highest BCUT2D eigenvalue weighted by atomic mass is 16.5. The first-order chi connectivity index (χ1) is 12.6. The van der Waals surface area contributed by atoms with E-state index in [0.29, 0.717) is 37.4 Å². The maximum Gasteiger partial charge on any atom is 0.224 e. The van der Waals surface area contributed by atoms with Crippen LogP contribution in [0.1, 0.15) is 38.2 Å². The van der Waals surface area contributed by atoms with E-state index in [2.05, 4.69) is 5.32 Å². The Morgan fingerprint density at radius 2 is 2.00 bits per heavy atom. The SMILES string of the molecule is CCCNC(=O)C1CCCN(C(=O)CCc2ccc(OC)c(OC)c2)C1. The Hall–Kier alpha value is -2.24. The minimum absolute atomic E-state index is 0.0734. The van der Waals surface area contributed by atoms with Gasteiger partial charge in [-0.2, -0.15) is 0 Å². The number of likely N-dealkylation sites (tertiary alicyclic amines) is 1. The molecule has 0 aliphatic carbocycles. The number of ether oxygens (including phenoxy) is 2. The van der Waals surface area contributed by atoms with E-state index in [-0.39, 0.29) is 17.7 Å². The minimum atomic E-state index is -0.0830. The van der Waals surface area contributed by atoms with Crippen molar-refractivity contribution in [3.8, 4) is 11.5 Å². The zero-order chi connectivity index (χ0) is 18.9. The van der Waals surface area contributed by atoms with E-state index in [1.807, 2.05) is 30.0 Å². The summed E-state index contributed by atoms with van der Waals surface area (Å²) in [5.41, 5.74) is 1.03. The number of methoxy groups -OCH3 is 2. The summed E-state index contributed by atoms with van der Waals surface area (Å²) in [5, 5.41) is 2.94. The molecule has 0 radical (unpaired) electrons. The van der Waals surface area contributed by atoms with Crippen LogP contribution in [0.15, 0.2) is 18.2 Å². The van der Waals surface area contributed by atoms with Crippen molar-refractivity contribution in [2.24, 2.45) is 5.92 Å². The number of piperidine rings is 1. The smallest absolute Gasteiger partial charge is 0.224 e. The lowest BCUT2D eigenvalue weighted by atomic mass is 9.96. The van der Waals surface area contributed by atoms with Gasteiger partial charge in [-0.15, -0.1) is 0 Å². The predicted octanol–water partition coefficient (Wildman–Crippen LogP) is 2.40. The molecule has 6 heteroatoms. The Kier molecular flexibility index (Phi) is 7.75. The molecule has 1 saturated heterocycles. The fourth-order valence-corrected chi connectivity index (χ4v) is 3.26. The van der Waals surface area contributed by atoms with Crippen LogP contribution in [0.4, 0.5) is 0 Å². The average molecular weight is 362 g/mol. The van der Waals surface area contributed by atoms with Crippen molar-refractivity contribution in [3.05, 3.63) is 23.8 Å². The quantitative estimate of drug-likeness (QED) is 0.771. The maximum absolute atomic E-state index is 12.6. The third-order valence-electron chi connectivity index (χ3n) is 4.77. The molecule has 2 amide bonds. The van der Waals surface area contributed by atoms with Crippen molar-refractivity contribution in [1.29, 1.82) is 0 Å². The monoisotopic (exact) mass is 362 g/mol. The summed E-state index contributed by atoms with van der Waals surface area (Å²) in [6, 6.07) is 5.71. The first kappa shape index (κ1) is 20.1. The third kappa shape index (κ3) is 5.38. The fraction of sp³-hybridized carbons (Fsp3) is 0.600. The van der Waals surface area contributed by atoms with Crippen molar-refractivity contribution in [2.75, 3.05) is 33.9 Å². The highest BCUT2D eigenvalue weighted by Crippen LogP contribution is 2.28. The molecule has 1 unspecified atom stereocenters. The molecule has 1 atom stereocenters. The van der Waals surface area contributed by atoms with Crippen molar-refractivity contribution < 1.29 is 19.1 Å². The lowest BCUT2D eigenvalue weighted by Crippen LogP contribution is -2.45. The number of aryl methyl sites for hydroxylation is 1. The summed E-state index contributed by atoms with van der Waals surface area (Å²) in [6.07, 6.45) is 3.73. The average Bonchev–Trinajstić information content (AvgIpc) is 2.69. The fourth-order valence-electron chi connectivity index (χ4n) is 3.26. The number of hydrogen-bond acceptors (Lipinski definition) is 4. The number of rotatable bonds is 8. The van der Waals surface area contributed by atoms with Crippen molar-refractivity contribution in [1.82, 2.24) is 10.2 Å². The molecular formula is C20H30N2O4. The minimum Gasteiger partial charge on any atom is -0.493 e. The lowest BCUT2D eigenvalue weighted by Gasteiger charge is -2.32. The number of hydrogen-bond donors (Lipinski definition) is 1. The normalized spacial score (nSPS) is 16.9. The van der Waals surface area contributed by atoms with Crippen LogP contribution in [0.3, 0.4) is 0 Å². The molecule has 1 N–H and O–H groups in total. The molecule has 0 saturated carbocycles. The van der Waals surface area contributed by atoms with E-state index in [1.54, 1.807) is 14.2 Å². The summed E-state index contributed by atoms with van der Waals surface area (Å²) in [6.45, 7) is 4.00. The van der Waals surface area contributed by atoms with Crippen molar-refractivity contribution >= 4 is 11.8 Å². The molecule has 1 aromatic rings. The van der Waals surface area contributed by atoms with Gasteiger partial charge in [-0.3, -0.25) is 9.59 Å². The zero-order valence-electron chi connectivity index (χ0n) is 16.0. The van der Waals surface area contributed by atoms with Gasteiger partial charge in [-0.1, -0.05) is 13.0 Å². The first-order valence-corrected chi connectivity index (χ1v) is 9.35. The Bertz CT molecular complexity index is 618. The second-order valence-corrected chi connectivity index (χ2v) is 6.66. The lowest BCUT2D eigenvalue weighted by molar-refractivity contribution is -0.135. The molecule has 26 heavy (non-hydrogen) atoms. The number of amides is 2. The van der Waals surface area contributed by atoms with Gasteiger partial charge in [0.15, 0.2) is 11.5 Å². The maximum atomic E-state index is 12.6. The molecule has 1 aliphatic heterocycles. The van der Waals surface area contributed by atoms with Gasteiger partial charge in [0.1, 0.15) is 0 Å². The summed E-state index contributed by atoms with van der Waals surface area (Å²) in [7, 11) is 3.20. The van der Waals surface area contributed by atoms with Crippen LogP contribution in [-0.2, 0) is 16.0 Å². The van der Waals surface area contributed by atoms with E-state index in [1.165, 1.54) is 0 Å². The number of nitrogens with one attached hydrogen (secondary N) is 1. The van der Waals surface area contributed by atoms with Gasteiger partial charge in [0.05, 0.1) is 20.1 Å². The molecule has 6 nitrogen and oxygen atoms in total. The van der Waals surface area contributed by atoms with Gasteiger partial charge in [-0.25, -0.2) is 0 Å². The van der Waals surface area contributed by atoms with Gasteiger partial charge >= 0.3 is 0 Å². The van der Waals surface area contributed by atoms with Crippen LogP contribution in [-0.4, -0.2) is 50.6 Å². The molecule has 1 fully saturated rings. The molecule has 1 aromatic carbocycles. The number of carbonyl (C=O) groups excluding carboxylic acids is 2. The van der Waals surface area contributed by atoms with Crippen LogP contribution in [0.5, 0.6) is 11.5 Å². The molecular weight excluding hydrogens is 332 g/mol. The standard InChI is InChI=1S/C20H30N2O4/c1-4-11-21-20(24)16-6-5-12-22(14-16)19(23)10-8-15-7-9-17(25-2)18(13-15)26-3/h7,9,13,16H,4-6,8,10-12,14H2,1-3H3,(H,21,24). The molecule has 1 heterocycles. The van der Waals surface area contributed by atoms with E-state index in [9.17, 15) is 9.59 Å². The summed E-state index contributed by atoms with van der Waals surface area (Å²) >= 11 is 0. The molecule has 0 spiro atoms. The van der Waals surface area contributed by atoms with Crippen LogP contribution in [0, 0.1) is 5.92 Å². The van der Waals surface area contributed by atoms with Crippen LogP contribution < -0.4 is 14.8 Å². The highest BCUT2D eigenvalue weighted by Gasteiger charge is 2.27. The Morgan fingerprint density at radius 1 is 1.23 bits per heavy atom. The Balaban J connectivity index is 1.88. The molecule has 144 valence electrons. The summed E-state index contributed by atoms with van der Waals surface area (Å²) < 4.78 is 10.5. The van der Waals surface area contributed by atoms with Crippen LogP contribution >= 0.6 is 0 Å². The Morgan fingerprint density at radius 3 is 2.69 bits per heavy atom. The largest absolute Gasteiger partial charge is 0.493 e. The van der Waals surface area contributed by atoms with Gasteiger partial charge < -0.3 is 19.7 Å². The molecule has 0 bridgehead atoms. The van der Waals surface area contributed by atoms with Crippen LogP contribution in [0.25, 0.3) is 0 Å².